The van der Waals surface area contributed by atoms with Crippen LogP contribution in [0.4, 0.5) is 0 Å². The average Bonchev–Trinajstić information content (AvgIpc) is 2.38. The van der Waals surface area contributed by atoms with Crippen molar-refractivity contribution in [1.82, 2.24) is 4.90 Å². The van der Waals surface area contributed by atoms with Crippen molar-refractivity contribution >= 4 is 11.6 Å². The maximum Gasteiger partial charge on any atom is 0.0837 e. The highest BCUT2D eigenvalue weighted by atomic mass is 35.5. The molecule has 1 aromatic rings. The normalized spacial score (nSPS) is 21.6. The van der Waals surface area contributed by atoms with Crippen LogP contribution >= 0.6 is 11.6 Å². The Morgan fingerprint density at radius 2 is 1.95 bits per heavy atom. The smallest absolute Gasteiger partial charge is 0.0837 e. The molecule has 1 heterocycles. The van der Waals surface area contributed by atoms with Gasteiger partial charge < -0.3 is 4.74 Å². The summed E-state index contributed by atoms with van der Waals surface area (Å²) in [6, 6.07) is 8.97. The van der Waals surface area contributed by atoms with Crippen LogP contribution in [0.15, 0.2) is 24.3 Å². The van der Waals surface area contributed by atoms with Gasteiger partial charge in [0.1, 0.15) is 0 Å². The molecule has 0 radical (unpaired) electrons. The van der Waals surface area contributed by atoms with Gasteiger partial charge in [-0.3, -0.25) is 4.90 Å². The molecule has 0 bridgehead atoms. The monoisotopic (exact) mass is 281 g/mol. The Morgan fingerprint density at radius 1 is 1.26 bits per heavy atom. The number of rotatable bonds is 3. The van der Waals surface area contributed by atoms with Crippen LogP contribution in [-0.2, 0) is 16.7 Å². The highest BCUT2D eigenvalue weighted by Gasteiger charge is 2.20. The molecular weight excluding hydrogens is 258 g/mol. The summed E-state index contributed by atoms with van der Waals surface area (Å²) in [5.41, 5.74) is 2.97. The van der Waals surface area contributed by atoms with Crippen LogP contribution in [0.2, 0.25) is 0 Å². The van der Waals surface area contributed by atoms with Crippen molar-refractivity contribution < 1.29 is 4.74 Å². The second-order valence-electron chi connectivity index (χ2n) is 6.33. The van der Waals surface area contributed by atoms with E-state index in [4.69, 9.17) is 16.3 Å². The molecule has 1 fully saturated rings. The summed E-state index contributed by atoms with van der Waals surface area (Å²) in [5.74, 6) is 0.583. The quantitative estimate of drug-likeness (QED) is 0.787. The lowest BCUT2D eigenvalue weighted by Crippen LogP contribution is -2.42. The Labute approximate surface area is 121 Å². The van der Waals surface area contributed by atoms with Crippen LogP contribution in [0.5, 0.6) is 0 Å². The summed E-state index contributed by atoms with van der Waals surface area (Å²) in [6.07, 6.45) is 0.185. The van der Waals surface area contributed by atoms with Gasteiger partial charge in [0, 0.05) is 25.5 Å². The summed E-state index contributed by atoms with van der Waals surface area (Å²) in [5, 5.41) is 0. The molecule has 0 N–H and O–H groups in total. The van der Waals surface area contributed by atoms with E-state index < -0.39 is 0 Å². The van der Waals surface area contributed by atoms with Crippen LogP contribution in [0, 0.1) is 0 Å². The molecule has 1 aromatic carbocycles. The van der Waals surface area contributed by atoms with E-state index in [1.54, 1.807) is 0 Å². The van der Waals surface area contributed by atoms with Gasteiger partial charge in [-0.15, -0.1) is 11.6 Å². The molecule has 0 amide bonds. The molecule has 1 atom stereocenters. The first-order valence-corrected chi connectivity index (χ1v) is 7.52. The topological polar surface area (TPSA) is 12.5 Å². The van der Waals surface area contributed by atoms with Gasteiger partial charge in [0.15, 0.2) is 0 Å². The fraction of sp³-hybridized carbons (Fsp3) is 0.625. The van der Waals surface area contributed by atoms with Crippen LogP contribution in [0.3, 0.4) is 0 Å². The van der Waals surface area contributed by atoms with Gasteiger partial charge in [-0.1, -0.05) is 45.0 Å². The number of benzene rings is 1. The zero-order valence-corrected chi connectivity index (χ0v) is 12.9. The highest BCUT2D eigenvalue weighted by Crippen LogP contribution is 2.22. The van der Waals surface area contributed by atoms with Gasteiger partial charge >= 0.3 is 0 Å². The van der Waals surface area contributed by atoms with Crippen molar-refractivity contribution in [2.75, 3.05) is 25.6 Å². The molecule has 1 unspecified atom stereocenters. The van der Waals surface area contributed by atoms with E-state index in [1.165, 1.54) is 11.1 Å². The number of nitrogens with zero attached hydrogens (tertiary/aromatic N) is 1. The highest BCUT2D eigenvalue weighted by molar-refractivity contribution is 6.18. The predicted octanol–water partition coefficient (Wildman–Crippen LogP) is 3.42. The number of hydrogen-bond acceptors (Lipinski definition) is 2. The van der Waals surface area contributed by atoms with E-state index >= 15 is 0 Å². The third-order valence-corrected chi connectivity index (χ3v) is 3.97. The second-order valence-corrected chi connectivity index (χ2v) is 6.64. The van der Waals surface area contributed by atoms with E-state index in [1.807, 2.05) is 0 Å². The maximum absolute atomic E-state index is 5.87. The lowest BCUT2D eigenvalue weighted by Gasteiger charge is -2.32. The van der Waals surface area contributed by atoms with E-state index in [0.29, 0.717) is 5.88 Å². The number of hydrogen-bond donors (Lipinski definition) is 0. The SMILES string of the molecule is CC(C)(C)c1ccc(CN2CCOC(CCl)C2)cc1. The lowest BCUT2D eigenvalue weighted by molar-refractivity contribution is -0.0194. The second kappa shape index (κ2) is 6.25. The Bertz CT molecular complexity index is 396. The molecule has 1 aliphatic rings. The molecule has 1 aliphatic heterocycles. The first-order chi connectivity index (χ1) is 8.99. The third kappa shape index (κ3) is 4.20. The molecule has 2 nitrogen and oxygen atoms in total. The Kier molecular flexibility index (Phi) is 4.88. The van der Waals surface area contributed by atoms with Crippen molar-refractivity contribution in [3.8, 4) is 0 Å². The molecule has 19 heavy (non-hydrogen) atoms. The lowest BCUT2D eigenvalue weighted by atomic mass is 9.87. The molecule has 0 spiro atoms. The molecular formula is C16H24ClNO. The largest absolute Gasteiger partial charge is 0.374 e. The first kappa shape index (κ1) is 14.8. The molecule has 3 heteroatoms. The summed E-state index contributed by atoms with van der Waals surface area (Å²) in [7, 11) is 0. The third-order valence-electron chi connectivity index (χ3n) is 3.62. The molecule has 0 aromatic heterocycles. The summed E-state index contributed by atoms with van der Waals surface area (Å²) in [6.45, 7) is 10.4. The van der Waals surface area contributed by atoms with Crippen molar-refractivity contribution in [3.63, 3.8) is 0 Å². The Balaban J connectivity index is 1.96. The van der Waals surface area contributed by atoms with Gasteiger partial charge in [-0.05, 0) is 16.5 Å². The molecule has 0 saturated carbocycles. The predicted molar refractivity (Wildman–Crippen MR) is 80.9 cm³/mol. The van der Waals surface area contributed by atoms with E-state index in [2.05, 4.69) is 49.9 Å². The fourth-order valence-corrected chi connectivity index (χ4v) is 2.57. The van der Waals surface area contributed by atoms with Crippen LogP contribution in [-0.4, -0.2) is 36.6 Å². The average molecular weight is 282 g/mol. The van der Waals surface area contributed by atoms with Gasteiger partial charge in [0.2, 0.25) is 0 Å². The number of halogens is 1. The Hall–Kier alpha value is -0.570. The summed E-state index contributed by atoms with van der Waals surface area (Å²) < 4.78 is 5.59. The molecule has 0 aliphatic carbocycles. The van der Waals surface area contributed by atoms with E-state index in [9.17, 15) is 0 Å². The summed E-state index contributed by atoms with van der Waals surface area (Å²) in [4.78, 5) is 2.42. The van der Waals surface area contributed by atoms with Crippen LogP contribution in [0.25, 0.3) is 0 Å². The molecule has 1 saturated heterocycles. The van der Waals surface area contributed by atoms with Gasteiger partial charge in [0.05, 0.1) is 12.7 Å². The maximum atomic E-state index is 5.87. The summed E-state index contributed by atoms with van der Waals surface area (Å²) >= 11 is 5.87. The number of alkyl halides is 1. The minimum absolute atomic E-state index is 0.185. The van der Waals surface area contributed by atoms with Gasteiger partial charge in [-0.2, -0.15) is 0 Å². The van der Waals surface area contributed by atoms with Crippen LogP contribution < -0.4 is 0 Å². The zero-order chi connectivity index (χ0) is 13.9. The van der Waals surface area contributed by atoms with Crippen molar-refractivity contribution in [3.05, 3.63) is 35.4 Å². The van der Waals surface area contributed by atoms with Gasteiger partial charge in [0.25, 0.3) is 0 Å². The van der Waals surface area contributed by atoms with E-state index in [0.717, 1.165) is 26.2 Å². The molecule has 106 valence electrons. The first-order valence-electron chi connectivity index (χ1n) is 6.98. The fourth-order valence-electron chi connectivity index (χ4n) is 2.39. The Morgan fingerprint density at radius 3 is 2.53 bits per heavy atom. The van der Waals surface area contributed by atoms with E-state index in [-0.39, 0.29) is 11.5 Å². The number of morpholine rings is 1. The minimum atomic E-state index is 0.185. The van der Waals surface area contributed by atoms with Crippen molar-refractivity contribution in [2.45, 2.75) is 38.8 Å². The minimum Gasteiger partial charge on any atom is -0.374 e. The van der Waals surface area contributed by atoms with Crippen molar-refractivity contribution in [1.29, 1.82) is 0 Å². The standard InChI is InChI=1S/C16H24ClNO/c1-16(2,3)14-6-4-13(5-7-14)11-18-8-9-19-15(10-17)12-18/h4-7,15H,8-12H2,1-3H3. The van der Waals surface area contributed by atoms with Crippen molar-refractivity contribution in [2.24, 2.45) is 0 Å². The van der Waals surface area contributed by atoms with Crippen LogP contribution in [0.1, 0.15) is 31.9 Å². The molecule has 2 rings (SSSR count). The van der Waals surface area contributed by atoms with Gasteiger partial charge in [-0.25, -0.2) is 0 Å². The zero-order valence-electron chi connectivity index (χ0n) is 12.2. The number of ether oxygens (including phenoxy) is 1.